The number of nitrogens with zero attached hydrogens (tertiary/aromatic N) is 3. The Labute approximate surface area is 196 Å². The second-order valence-corrected chi connectivity index (χ2v) is 10.3. The second kappa shape index (κ2) is 9.33. The lowest BCUT2D eigenvalue weighted by Gasteiger charge is -2.12. The van der Waals surface area contributed by atoms with Crippen molar-refractivity contribution in [1.82, 2.24) is 14.5 Å². The first-order valence-electron chi connectivity index (χ1n) is 10.3. The van der Waals surface area contributed by atoms with Gasteiger partial charge in [0.15, 0.2) is 15.6 Å². The number of Topliss-reactive ketones (excluding diaryl/α,β-unsaturated/α-hetero) is 1. The minimum absolute atomic E-state index is 0.0908. The molecule has 0 bridgehead atoms. The van der Waals surface area contributed by atoms with Crippen molar-refractivity contribution in [2.45, 2.75) is 13.5 Å². The van der Waals surface area contributed by atoms with Crippen molar-refractivity contribution < 1.29 is 17.9 Å². The number of carbonyl (C=O) groups excluding carboxylic acids is 1. The Kier molecular flexibility index (Phi) is 6.49. The van der Waals surface area contributed by atoms with Crippen molar-refractivity contribution >= 4 is 38.1 Å². The number of benzene rings is 1. The van der Waals surface area contributed by atoms with Crippen LogP contribution in [0, 0.1) is 0 Å². The molecule has 4 rings (SSSR count). The molecule has 0 aliphatic rings. The van der Waals surface area contributed by atoms with Gasteiger partial charge in [0.1, 0.15) is 17.2 Å². The van der Waals surface area contributed by atoms with Gasteiger partial charge in [-0.2, -0.15) is 0 Å². The van der Waals surface area contributed by atoms with Gasteiger partial charge >= 0.3 is 0 Å². The van der Waals surface area contributed by atoms with Gasteiger partial charge in [0, 0.05) is 29.1 Å². The number of ether oxygens (including phenoxy) is 1. The highest BCUT2D eigenvalue weighted by Gasteiger charge is 2.19. The molecule has 0 N–H and O–H groups in total. The summed E-state index contributed by atoms with van der Waals surface area (Å²) in [5.41, 5.74) is 3.42. The van der Waals surface area contributed by atoms with Gasteiger partial charge in [-0.1, -0.05) is 24.6 Å². The molecule has 170 valence electrons. The van der Waals surface area contributed by atoms with Crippen LogP contribution < -0.4 is 4.74 Å². The van der Waals surface area contributed by atoms with Gasteiger partial charge in [0.2, 0.25) is 0 Å². The maximum atomic E-state index is 12.5. The number of ketones is 1. The second-order valence-electron chi connectivity index (χ2n) is 7.52. The van der Waals surface area contributed by atoms with Gasteiger partial charge in [0.05, 0.1) is 35.6 Å². The van der Waals surface area contributed by atoms with Crippen LogP contribution in [0.2, 0.25) is 5.02 Å². The highest BCUT2D eigenvalue weighted by molar-refractivity contribution is 7.92. The van der Waals surface area contributed by atoms with Crippen molar-refractivity contribution in [3.05, 3.63) is 77.3 Å². The van der Waals surface area contributed by atoms with Crippen LogP contribution in [0.5, 0.6) is 5.75 Å². The number of carbonyl (C=O) groups is 1. The van der Waals surface area contributed by atoms with Gasteiger partial charge in [-0.3, -0.25) is 9.78 Å². The Morgan fingerprint density at radius 2 is 1.97 bits per heavy atom. The van der Waals surface area contributed by atoms with E-state index in [9.17, 15) is 13.2 Å². The first-order chi connectivity index (χ1) is 15.8. The molecule has 3 heterocycles. The lowest BCUT2D eigenvalue weighted by atomic mass is 10.2. The SMILES string of the molecule is CCS(=O)(=O)CC(=O)c1cccc(Cn2c(-c3cccnc3)cc3cc(OC)c(Cl)cc32)n1. The zero-order valence-corrected chi connectivity index (χ0v) is 19.7. The first-order valence-corrected chi connectivity index (χ1v) is 12.5. The Morgan fingerprint density at radius 3 is 2.67 bits per heavy atom. The monoisotopic (exact) mass is 483 g/mol. The highest BCUT2D eigenvalue weighted by Crippen LogP contribution is 2.35. The summed E-state index contributed by atoms with van der Waals surface area (Å²) < 4.78 is 31.2. The van der Waals surface area contributed by atoms with E-state index in [4.69, 9.17) is 16.3 Å². The molecule has 0 fully saturated rings. The maximum Gasteiger partial charge on any atom is 0.196 e. The standard InChI is InChI=1S/C24H22ClN3O4S/c1-3-33(30,31)15-23(29)20-8-4-7-18(27-20)14-28-21(16-6-5-9-26-13-16)10-17-11-24(32-2)19(25)12-22(17)28/h4-13H,3,14-15H2,1-2H3. The fourth-order valence-corrected chi connectivity index (χ4v) is 4.59. The molecule has 0 unspecified atom stereocenters. The summed E-state index contributed by atoms with van der Waals surface area (Å²) in [6.45, 7) is 1.86. The normalized spacial score (nSPS) is 11.6. The van der Waals surface area contributed by atoms with E-state index in [1.54, 1.807) is 31.6 Å². The van der Waals surface area contributed by atoms with E-state index in [0.29, 0.717) is 23.0 Å². The van der Waals surface area contributed by atoms with E-state index in [0.717, 1.165) is 22.2 Å². The third-order valence-corrected chi connectivity index (χ3v) is 7.21. The number of pyridine rings is 2. The van der Waals surface area contributed by atoms with Crippen LogP contribution in [0.25, 0.3) is 22.2 Å². The van der Waals surface area contributed by atoms with Crippen molar-refractivity contribution in [2.75, 3.05) is 18.6 Å². The molecular weight excluding hydrogens is 462 g/mol. The smallest absolute Gasteiger partial charge is 0.196 e. The van der Waals surface area contributed by atoms with Crippen molar-refractivity contribution in [3.63, 3.8) is 0 Å². The van der Waals surface area contributed by atoms with Crippen LogP contribution in [-0.4, -0.2) is 47.4 Å². The average molecular weight is 484 g/mol. The molecule has 0 atom stereocenters. The quantitative estimate of drug-likeness (QED) is 0.344. The average Bonchev–Trinajstić information content (AvgIpc) is 3.16. The number of methoxy groups -OCH3 is 1. The number of rotatable bonds is 8. The lowest BCUT2D eigenvalue weighted by Crippen LogP contribution is -2.19. The highest BCUT2D eigenvalue weighted by atomic mass is 35.5. The Bertz CT molecular complexity index is 1430. The lowest BCUT2D eigenvalue weighted by molar-refractivity contribution is 0.101. The minimum Gasteiger partial charge on any atom is -0.495 e. The van der Waals surface area contributed by atoms with Gasteiger partial charge in [-0.15, -0.1) is 0 Å². The maximum absolute atomic E-state index is 12.5. The molecule has 9 heteroatoms. The molecule has 0 spiro atoms. The van der Waals surface area contributed by atoms with Crippen molar-refractivity contribution in [1.29, 1.82) is 0 Å². The van der Waals surface area contributed by atoms with Crippen LogP contribution in [0.3, 0.4) is 0 Å². The number of sulfone groups is 1. The van der Waals surface area contributed by atoms with Crippen LogP contribution >= 0.6 is 11.6 Å². The molecule has 0 saturated heterocycles. The molecule has 4 aromatic rings. The van der Waals surface area contributed by atoms with E-state index in [1.165, 1.54) is 13.0 Å². The van der Waals surface area contributed by atoms with Gasteiger partial charge in [-0.25, -0.2) is 13.4 Å². The summed E-state index contributed by atoms with van der Waals surface area (Å²) in [5.74, 6) is -0.590. The van der Waals surface area contributed by atoms with E-state index in [1.807, 2.05) is 34.9 Å². The number of fused-ring (bicyclic) bond motifs is 1. The number of halogens is 1. The summed E-state index contributed by atoms with van der Waals surface area (Å²) in [4.78, 5) is 21.2. The van der Waals surface area contributed by atoms with E-state index in [2.05, 4.69) is 9.97 Å². The predicted molar refractivity (Wildman–Crippen MR) is 129 cm³/mol. The van der Waals surface area contributed by atoms with E-state index >= 15 is 0 Å². The van der Waals surface area contributed by atoms with E-state index in [-0.39, 0.29) is 11.4 Å². The molecule has 0 aliphatic carbocycles. The topological polar surface area (TPSA) is 91.2 Å². The zero-order chi connectivity index (χ0) is 23.6. The van der Waals surface area contributed by atoms with Gasteiger partial charge < -0.3 is 9.30 Å². The number of aromatic nitrogens is 3. The fourth-order valence-electron chi connectivity index (χ4n) is 3.60. The molecule has 0 aliphatic heterocycles. The summed E-state index contributed by atoms with van der Waals surface area (Å²) in [5, 5.41) is 1.40. The zero-order valence-electron chi connectivity index (χ0n) is 18.2. The van der Waals surface area contributed by atoms with Crippen molar-refractivity contribution in [3.8, 4) is 17.0 Å². The van der Waals surface area contributed by atoms with E-state index < -0.39 is 21.4 Å². The Balaban J connectivity index is 1.78. The molecule has 1 aromatic carbocycles. The number of hydrogen-bond acceptors (Lipinski definition) is 6. The van der Waals surface area contributed by atoms with Crippen LogP contribution in [0.1, 0.15) is 23.1 Å². The first kappa shape index (κ1) is 22.9. The summed E-state index contributed by atoms with van der Waals surface area (Å²) in [7, 11) is -1.87. The third kappa shape index (κ3) is 4.91. The summed E-state index contributed by atoms with van der Waals surface area (Å²) in [6.07, 6.45) is 3.48. The minimum atomic E-state index is -3.44. The Hall–Kier alpha value is -3.23. The third-order valence-electron chi connectivity index (χ3n) is 5.34. The number of hydrogen-bond donors (Lipinski definition) is 0. The van der Waals surface area contributed by atoms with Crippen LogP contribution in [0.15, 0.2) is 60.9 Å². The molecule has 0 radical (unpaired) electrons. The van der Waals surface area contributed by atoms with Crippen LogP contribution in [0.4, 0.5) is 0 Å². The summed E-state index contributed by atoms with van der Waals surface area (Å²) in [6, 6.07) is 14.6. The summed E-state index contributed by atoms with van der Waals surface area (Å²) >= 11 is 6.41. The molecule has 3 aromatic heterocycles. The van der Waals surface area contributed by atoms with Gasteiger partial charge in [0.25, 0.3) is 0 Å². The molecule has 7 nitrogen and oxygen atoms in total. The Morgan fingerprint density at radius 1 is 1.15 bits per heavy atom. The molecule has 0 saturated carbocycles. The molecule has 33 heavy (non-hydrogen) atoms. The molecule has 0 amide bonds. The largest absolute Gasteiger partial charge is 0.495 e. The van der Waals surface area contributed by atoms with Crippen molar-refractivity contribution in [2.24, 2.45) is 0 Å². The molecular formula is C24H22ClN3O4S. The predicted octanol–water partition coefficient (Wildman–Crippen LogP) is 4.43. The van der Waals surface area contributed by atoms with Gasteiger partial charge in [-0.05, 0) is 42.5 Å². The van der Waals surface area contributed by atoms with Crippen LogP contribution in [-0.2, 0) is 16.4 Å². The fraction of sp³-hybridized carbons (Fsp3) is 0.208.